The van der Waals surface area contributed by atoms with E-state index in [-0.39, 0.29) is 11.3 Å². The van der Waals surface area contributed by atoms with Crippen molar-refractivity contribution in [2.45, 2.75) is 32.2 Å². The molecule has 0 radical (unpaired) electrons. The van der Waals surface area contributed by atoms with Gasteiger partial charge in [0.05, 0.1) is 0 Å². The van der Waals surface area contributed by atoms with Crippen LogP contribution in [-0.4, -0.2) is 65.6 Å². The Balaban J connectivity index is 1.48. The summed E-state index contributed by atoms with van der Waals surface area (Å²) >= 11 is 0. The standard InChI is InChI=1S/C19H26N2O4/c1-15(22)21-14-19(13-17(21)18(23)24)7-9-20(10-8-19)11-12-25-16-5-3-2-4-6-16/h2-6,17H,7-14H2,1H3,(H,23,24)/t17-/m1/s1. The molecule has 6 heteroatoms. The summed E-state index contributed by atoms with van der Waals surface area (Å²) in [6.45, 7) is 5.41. The first-order chi connectivity index (χ1) is 12.0. The smallest absolute Gasteiger partial charge is 0.326 e. The van der Waals surface area contributed by atoms with Gasteiger partial charge in [0.15, 0.2) is 0 Å². The second-order valence-electron chi connectivity index (χ2n) is 7.21. The first-order valence-corrected chi connectivity index (χ1v) is 8.89. The van der Waals surface area contributed by atoms with Crippen molar-refractivity contribution in [1.29, 1.82) is 0 Å². The molecule has 2 aliphatic heterocycles. The van der Waals surface area contributed by atoms with Crippen LogP contribution in [0.15, 0.2) is 30.3 Å². The summed E-state index contributed by atoms with van der Waals surface area (Å²) in [5, 5.41) is 9.40. The molecule has 0 bridgehead atoms. The van der Waals surface area contributed by atoms with Crippen LogP contribution in [0.4, 0.5) is 0 Å². The third kappa shape index (κ3) is 4.12. The van der Waals surface area contributed by atoms with E-state index < -0.39 is 12.0 Å². The predicted molar refractivity (Wildman–Crippen MR) is 93.5 cm³/mol. The lowest BCUT2D eigenvalue weighted by Crippen LogP contribution is -2.43. The first-order valence-electron chi connectivity index (χ1n) is 8.89. The number of hydrogen-bond donors (Lipinski definition) is 1. The molecule has 1 spiro atoms. The fraction of sp³-hybridized carbons (Fsp3) is 0.579. The summed E-state index contributed by atoms with van der Waals surface area (Å²) in [4.78, 5) is 27.1. The Bertz CT molecular complexity index is 587. The van der Waals surface area contributed by atoms with Gasteiger partial charge in [-0.3, -0.25) is 9.69 Å². The van der Waals surface area contributed by atoms with Crippen molar-refractivity contribution in [3.8, 4) is 5.75 Å². The van der Waals surface area contributed by atoms with Gasteiger partial charge < -0.3 is 14.7 Å². The molecule has 2 fully saturated rings. The van der Waals surface area contributed by atoms with E-state index in [2.05, 4.69) is 4.90 Å². The van der Waals surface area contributed by atoms with Crippen LogP contribution in [0, 0.1) is 5.41 Å². The number of aliphatic carboxylic acids is 1. The highest BCUT2D eigenvalue weighted by molar-refractivity contribution is 5.83. The van der Waals surface area contributed by atoms with Crippen molar-refractivity contribution in [1.82, 2.24) is 9.80 Å². The Morgan fingerprint density at radius 1 is 1.24 bits per heavy atom. The molecule has 1 atom stereocenters. The third-order valence-electron chi connectivity index (χ3n) is 5.53. The maximum atomic E-state index is 11.8. The fourth-order valence-corrected chi connectivity index (χ4v) is 4.03. The van der Waals surface area contributed by atoms with Gasteiger partial charge in [0.25, 0.3) is 0 Å². The molecular formula is C19H26N2O4. The Labute approximate surface area is 148 Å². The summed E-state index contributed by atoms with van der Waals surface area (Å²) in [5.41, 5.74) is -0.0362. The molecule has 25 heavy (non-hydrogen) atoms. The van der Waals surface area contributed by atoms with Gasteiger partial charge in [0, 0.05) is 20.0 Å². The number of nitrogens with zero attached hydrogens (tertiary/aromatic N) is 2. The number of rotatable bonds is 5. The third-order valence-corrected chi connectivity index (χ3v) is 5.53. The molecule has 1 aromatic carbocycles. The number of carboxylic acid groups (broad SMARTS) is 1. The molecule has 0 unspecified atom stereocenters. The summed E-state index contributed by atoms with van der Waals surface area (Å²) in [5.74, 6) is -0.137. The van der Waals surface area contributed by atoms with E-state index in [1.54, 1.807) is 0 Å². The quantitative estimate of drug-likeness (QED) is 0.881. The molecule has 2 aliphatic rings. The highest BCUT2D eigenvalue weighted by Gasteiger charge is 2.48. The van der Waals surface area contributed by atoms with Gasteiger partial charge in [0.2, 0.25) is 5.91 Å². The Morgan fingerprint density at radius 3 is 2.48 bits per heavy atom. The van der Waals surface area contributed by atoms with Gasteiger partial charge in [-0.2, -0.15) is 0 Å². The van der Waals surface area contributed by atoms with Crippen molar-refractivity contribution in [3.05, 3.63) is 30.3 Å². The van der Waals surface area contributed by atoms with Gasteiger partial charge in [-0.1, -0.05) is 18.2 Å². The van der Waals surface area contributed by atoms with E-state index in [4.69, 9.17) is 4.74 Å². The first kappa shape index (κ1) is 17.7. The van der Waals surface area contributed by atoms with Gasteiger partial charge >= 0.3 is 5.97 Å². The number of carboxylic acids is 1. The summed E-state index contributed by atoms with van der Waals surface area (Å²) in [6, 6.07) is 9.12. The van der Waals surface area contributed by atoms with Crippen LogP contribution in [-0.2, 0) is 9.59 Å². The maximum Gasteiger partial charge on any atom is 0.326 e. The SMILES string of the molecule is CC(=O)N1CC2(CCN(CCOc3ccccc3)CC2)C[C@@H]1C(=O)O. The number of likely N-dealkylation sites (tertiary alicyclic amines) is 2. The lowest BCUT2D eigenvalue weighted by atomic mass is 9.76. The number of piperidine rings is 1. The van der Waals surface area contributed by atoms with Crippen LogP contribution in [0.5, 0.6) is 5.75 Å². The lowest BCUT2D eigenvalue weighted by Gasteiger charge is -2.39. The lowest BCUT2D eigenvalue weighted by molar-refractivity contribution is -0.147. The molecule has 1 amide bonds. The predicted octanol–water partition coefficient (Wildman–Crippen LogP) is 1.85. The number of para-hydroxylation sites is 1. The topological polar surface area (TPSA) is 70.1 Å². The molecule has 0 aliphatic carbocycles. The second kappa shape index (κ2) is 7.44. The highest BCUT2D eigenvalue weighted by atomic mass is 16.5. The minimum Gasteiger partial charge on any atom is -0.492 e. The van der Waals surface area contributed by atoms with Gasteiger partial charge in [0.1, 0.15) is 18.4 Å². The van der Waals surface area contributed by atoms with Gasteiger partial charge in [-0.05, 0) is 49.9 Å². The molecular weight excluding hydrogens is 320 g/mol. The second-order valence-corrected chi connectivity index (χ2v) is 7.21. The van der Waals surface area contributed by atoms with E-state index in [0.29, 0.717) is 19.6 Å². The molecule has 0 aromatic heterocycles. The van der Waals surface area contributed by atoms with Crippen molar-refractivity contribution in [2.24, 2.45) is 5.41 Å². The average Bonchev–Trinajstić information content (AvgIpc) is 2.98. The number of carbonyl (C=O) groups is 2. The zero-order valence-corrected chi connectivity index (χ0v) is 14.7. The molecule has 1 N–H and O–H groups in total. The van der Waals surface area contributed by atoms with E-state index in [9.17, 15) is 14.7 Å². The maximum absolute atomic E-state index is 11.8. The van der Waals surface area contributed by atoms with Gasteiger partial charge in [-0.25, -0.2) is 4.79 Å². The van der Waals surface area contributed by atoms with Gasteiger partial charge in [-0.15, -0.1) is 0 Å². The van der Waals surface area contributed by atoms with E-state index in [0.717, 1.165) is 38.2 Å². The molecule has 136 valence electrons. The molecule has 3 rings (SSSR count). The Hall–Kier alpha value is -2.08. The van der Waals surface area contributed by atoms with E-state index >= 15 is 0 Å². The number of hydrogen-bond acceptors (Lipinski definition) is 4. The zero-order chi connectivity index (χ0) is 17.9. The minimum atomic E-state index is -0.884. The van der Waals surface area contributed by atoms with E-state index in [1.807, 2.05) is 30.3 Å². The van der Waals surface area contributed by atoms with E-state index in [1.165, 1.54) is 11.8 Å². The van der Waals surface area contributed by atoms with Crippen LogP contribution in [0.1, 0.15) is 26.2 Å². The summed E-state index contributed by atoms with van der Waals surface area (Å²) in [7, 11) is 0. The van der Waals surface area contributed by atoms with Crippen molar-refractivity contribution >= 4 is 11.9 Å². The Morgan fingerprint density at radius 2 is 1.92 bits per heavy atom. The van der Waals surface area contributed by atoms with Crippen LogP contribution in [0.2, 0.25) is 0 Å². The van der Waals surface area contributed by atoms with Crippen molar-refractivity contribution in [2.75, 3.05) is 32.8 Å². The number of ether oxygens (including phenoxy) is 1. The van der Waals surface area contributed by atoms with Crippen LogP contribution >= 0.6 is 0 Å². The average molecular weight is 346 g/mol. The fourth-order valence-electron chi connectivity index (χ4n) is 4.03. The summed E-state index contributed by atoms with van der Waals surface area (Å²) < 4.78 is 5.75. The normalized spacial score (nSPS) is 22.9. The van der Waals surface area contributed by atoms with Crippen LogP contribution < -0.4 is 4.74 Å². The Kier molecular flexibility index (Phi) is 5.27. The molecule has 2 saturated heterocycles. The van der Waals surface area contributed by atoms with Crippen molar-refractivity contribution < 1.29 is 19.4 Å². The van der Waals surface area contributed by atoms with Crippen LogP contribution in [0.3, 0.4) is 0 Å². The van der Waals surface area contributed by atoms with Crippen LogP contribution in [0.25, 0.3) is 0 Å². The van der Waals surface area contributed by atoms with Crippen molar-refractivity contribution in [3.63, 3.8) is 0 Å². The number of benzene rings is 1. The number of amides is 1. The monoisotopic (exact) mass is 346 g/mol. The molecule has 6 nitrogen and oxygen atoms in total. The number of carbonyl (C=O) groups excluding carboxylic acids is 1. The molecule has 2 heterocycles. The zero-order valence-electron chi connectivity index (χ0n) is 14.7. The summed E-state index contributed by atoms with van der Waals surface area (Å²) in [6.07, 6.45) is 2.45. The largest absolute Gasteiger partial charge is 0.492 e. The minimum absolute atomic E-state index is 0.0362. The molecule has 0 saturated carbocycles. The molecule has 1 aromatic rings. The highest BCUT2D eigenvalue weighted by Crippen LogP contribution is 2.43.